The highest BCUT2D eigenvalue weighted by molar-refractivity contribution is 6.31. The lowest BCUT2D eigenvalue weighted by Crippen LogP contribution is -2.36. The van der Waals surface area contributed by atoms with Gasteiger partial charge in [0.05, 0.1) is 23.3 Å². The fourth-order valence-electron chi connectivity index (χ4n) is 1.52. The molecule has 1 unspecified atom stereocenters. The second-order valence-electron chi connectivity index (χ2n) is 3.90. The Balaban J connectivity index is 2.77. The van der Waals surface area contributed by atoms with E-state index in [1.165, 1.54) is 37.3 Å². The molecule has 1 atom stereocenters. The minimum Gasteiger partial charge on any atom is -0.389 e. The Bertz CT molecular complexity index is 428. The Morgan fingerprint density at radius 3 is 2.89 bits per heavy atom. The SMILES string of the molecule is COCC(O)CN(C)C(=O)c1cccc(Cl)c1F. The molecule has 0 radical (unpaired) electrons. The number of halogens is 2. The topological polar surface area (TPSA) is 49.8 Å². The molecule has 0 saturated carbocycles. The third kappa shape index (κ3) is 3.66. The lowest BCUT2D eigenvalue weighted by atomic mass is 10.2. The Hall–Kier alpha value is -1.17. The van der Waals surface area contributed by atoms with Crippen LogP contribution in [0.5, 0.6) is 0 Å². The van der Waals surface area contributed by atoms with Gasteiger partial charge in [-0.3, -0.25) is 4.79 Å². The molecule has 18 heavy (non-hydrogen) atoms. The maximum absolute atomic E-state index is 13.6. The summed E-state index contributed by atoms with van der Waals surface area (Å²) in [6.45, 7) is 0.161. The highest BCUT2D eigenvalue weighted by Crippen LogP contribution is 2.19. The van der Waals surface area contributed by atoms with Crippen molar-refractivity contribution in [1.29, 1.82) is 0 Å². The van der Waals surface area contributed by atoms with E-state index in [0.29, 0.717) is 0 Å². The number of amides is 1. The number of hydrogen-bond donors (Lipinski definition) is 1. The largest absolute Gasteiger partial charge is 0.389 e. The Morgan fingerprint density at radius 1 is 1.61 bits per heavy atom. The number of aliphatic hydroxyl groups is 1. The van der Waals surface area contributed by atoms with Gasteiger partial charge in [-0.25, -0.2) is 4.39 Å². The van der Waals surface area contributed by atoms with Crippen LogP contribution >= 0.6 is 11.6 Å². The van der Waals surface area contributed by atoms with Crippen molar-refractivity contribution in [3.8, 4) is 0 Å². The molecule has 0 spiro atoms. The van der Waals surface area contributed by atoms with Crippen molar-refractivity contribution in [2.24, 2.45) is 0 Å². The van der Waals surface area contributed by atoms with E-state index in [4.69, 9.17) is 16.3 Å². The molecular formula is C12H15ClFNO3. The summed E-state index contributed by atoms with van der Waals surface area (Å²) >= 11 is 5.60. The molecule has 0 fully saturated rings. The molecule has 0 aromatic heterocycles. The molecule has 0 aliphatic rings. The van der Waals surface area contributed by atoms with E-state index in [-0.39, 0.29) is 23.7 Å². The van der Waals surface area contributed by atoms with Crippen molar-refractivity contribution in [1.82, 2.24) is 4.90 Å². The zero-order valence-electron chi connectivity index (χ0n) is 10.2. The van der Waals surface area contributed by atoms with Gasteiger partial charge < -0.3 is 14.7 Å². The minimum atomic E-state index is -0.814. The Morgan fingerprint density at radius 2 is 2.28 bits per heavy atom. The first-order chi connectivity index (χ1) is 8.47. The van der Waals surface area contributed by atoms with Crippen molar-refractivity contribution < 1.29 is 19.0 Å². The lowest BCUT2D eigenvalue weighted by Gasteiger charge is -2.20. The molecule has 0 aliphatic carbocycles. The monoisotopic (exact) mass is 275 g/mol. The number of likely N-dealkylation sites (N-methyl/N-ethyl adjacent to an activating group) is 1. The van der Waals surface area contributed by atoms with Crippen LogP contribution in [0.4, 0.5) is 4.39 Å². The van der Waals surface area contributed by atoms with Crippen LogP contribution in [0.1, 0.15) is 10.4 Å². The summed E-state index contributed by atoms with van der Waals surface area (Å²) in [5, 5.41) is 9.40. The number of hydrogen-bond acceptors (Lipinski definition) is 3. The molecule has 1 aromatic carbocycles. The smallest absolute Gasteiger partial charge is 0.256 e. The number of benzene rings is 1. The molecule has 4 nitrogen and oxygen atoms in total. The van der Waals surface area contributed by atoms with Crippen LogP contribution in [0.3, 0.4) is 0 Å². The summed E-state index contributed by atoms with van der Waals surface area (Å²) in [6, 6.07) is 4.22. The summed E-state index contributed by atoms with van der Waals surface area (Å²) in [5.74, 6) is -1.29. The first-order valence-corrected chi connectivity index (χ1v) is 5.71. The summed E-state index contributed by atoms with van der Waals surface area (Å²) in [5.41, 5.74) is -0.116. The van der Waals surface area contributed by atoms with Crippen molar-refractivity contribution in [3.63, 3.8) is 0 Å². The molecule has 1 aromatic rings. The van der Waals surface area contributed by atoms with E-state index in [9.17, 15) is 14.3 Å². The molecule has 6 heteroatoms. The summed E-state index contributed by atoms with van der Waals surface area (Å²) in [6.07, 6.45) is -0.814. The van der Waals surface area contributed by atoms with Gasteiger partial charge in [-0.1, -0.05) is 17.7 Å². The number of methoxy groups -OCH3 is 1. The Labute approximate surface area is 110 Å². The third-order valence-electron chi connectivity index (χ3n) is 2.37. The van der Waals surface area contributed by atoms with Gasteiger partial charge in [-0.2, -0.15) is 0 Å². The highest BCUT2D eigenvalue weighted by Gasteiger charge is 2.19. The van der Waals surface area contributed by atoms with Crippen LogP contribution in [0, 0.1) is 5.82 Å². The number of ether oxygens (including phenoxy) is 1. The van der Waals surface area contributed by atoms with Crippen molar-refractivity contribution in [2.45, 2.75) is 6.10 Å². The van der Waals surface area contributed by atoms with Gasteiger partial charge in [-0.15, -0.1) is 0 Å². The normalized spacial score (nSPS) is 12.3. The van der Waals surface area contributed by atoms with E-state index in [2.05, 4.69) is 0 Å². The van der Waals surface area contributed by atoms with E-state index in [0.717, 1.165) is 0 Å². The first-order valence-electron chi connectivity index (χ1n) is 5.33. The summed E-state index contributed by atoms with van der Waals surface area (Å²) in [7, 11) is 2.92. The zero-order chi connectivity index (χ0) is 13.7. The molecule has 1 N–H and O–H groups in total. The maximum Gasteiger partial charge on any atom is 0.256 e. The number of nitrogens with zero attached hydrogens (tertiary/aromatic N) is 1. The molecule has 1 amide bonds. The van der Waals surface area contributed by atoms with Crippen molar-refractivity contribution in [2.75, 3.05) is 27.3 Å². The molecule has 0 aliphatic heterocycles. The van der Waals surface area contributed by atoms with Crippen molar-refractivity contribution in [3.05, 3.63) is 34.6 Å². The molecule has 0 heterocycles. The first kappa shape index (κ1) is 14.9. The molecular weight excluding hydrogens is 261 g/mol. The van der Waals surface area contributed by atoms with Crippen LogP contribution in [0.15, 0.2) is 18.2 Å². The lowest BCUT2D eigenvalue weighted by molar-refractivity contribution is 0.0378. The van der Waals surface area contributed by atoms with Crippen LogP contribution in [0.25, 0.3) is 0 Å². The molecule has 0 bridgehead atoms. The number of carbonyl (C=O) groups excluding carboxylic acids is 1. The third-order valence-corrected chi connectivity index (χ3v) is 2.66. The fourth-order valence-corrected chi connectivity index (χ4v) is 1.69. The predicted octanol–water partition coefficient (Wildman–Crippen LogP) is 1.56. The van der Waals surface area contributed by atoms with Crippen LogP contribution in [-0.4, -0.2) is 49.3 Å². The average molecular weight is 276 g/mol. The van der Waals surface area contributed by atoms with Gasteiger partial charge in [0, 0.05) is 20.7 Å². The quantitative estimate of drug-likeness (QED) is 0.887. The van der Waals surface area contributed by atoms with E-state index < -0.39 is 17.8 Å². The zero-order valence-corrected chi connectivity index (χ0v) is 10.9. The maximum atomic E-state index is 13.6. The van der Waals surface area contributed by atoms with E-state index in [1.54, 1.807) is 0 Å². The van der Waals surface area contributed by atoms with Gasteiger partial charge in [0.25, 0.3) is 5.91 Å². The van der Waals surface area contributed by atoms with E-state index in [1.807, 2.05) is 0 Å². The second-order valence-corrected chi connectivity index (χ2v) is 4.30. The fraction of sp³-hybridized carbons (Fsp3) is 0.417. The Kier molecular flexibility index (Phi) is 5.53. The average Bonchev–Trinajstić information content (AvgIpc) is 2.32. The van der Waals surface area contributed by atoms with Crippen LogP contribution < -0.4 is 0 Å². The molecule has 1 rings (SSSR count). The van der Waals surface area contributed by atoms with Gasteiger partial charge in [0.15, 0.2) is 5.82 Å². The number of carbonyl (C=O) groups is 1. The van der Waals surface area contributed by atoms with Crippen LogP contribution in [-0.2, 0) is 4.74 Å². The van der Waals surface area contributed by atoms with E-state index >= 15 is 0 Å². The second kappa shape index (κ2) is 6.68. The number of aliphatic hydroxyl groups excluding tert-OH is 1. The summed E-state index contributed by atoms with van der Waals surface area (Å²) in [4.78, 5) is 13.2. The van der Waals surface area contributed by atoms with Crippen molar-refractivity contribution >= 4 is 17.5 Å². The molecule has 100 valence electrons. The summed E-state index contributed by atoms with van der Waals surface area (Å²) < 4.78 is 18.4. The van der Waals surface area contributed by atoms with Gasteiger partial charge >= 0.3 is 0 Å². The predicted molar refractivity (Wildman–Crippen MR) is 66.3 cm³/mol. The molecule has 0 saturated heterocycles. The minimum absolute atomic E-state index is 0.0542. The van der Waals surface area contributed by atoms with Crippen LogP contribution in [0.2, 0.25) is 5.02 Å². The van der Waals surface area contributed by atoms with Gasteiger partial charge in [-0.05, 0) is 12.1 Å². The van der Waals surface area contributed by atoms with Gasteiger partial charge in [0.1, 0.15) is 0 Å². The van der Waals surface area contributed by atoms with Gasteiger partial charge in [0.2, 0.25) is 0 Å². The highest BCUT2D eigenvalue weighted by atomic mass is 35.5. The number of rotatable bonds is 5. The standard InChI is InChI=1S/C12H15ClFNO3/c1-15(6-8(16)7-18-2)12(17)9-4-3-5-10(13)11(9)14/h3-5,8,16H,6-7H2,1-2H3.